The third kappa shape index (κ3) is 1.72. The lowest BCUT2D eigenvalue weighted by atomic mass is 9.81. The Balaban J connectivity index is 3.24. The van der Waals surface area contributed by atoms with Gasteiger partial charge < -0.3 is 4.74 Å². The van der Waals surface area contributed by atoms with E-state index in [0.717, 1.165) is 17.7 Å². The average molecular weight is 189 g/mol. The molecule has 2 nitrogen and oxygen atoms in total. The van der Waals surface area contributed by atoms with E-state index < -0.39 is 5.41 Å². The number of hydrogen-bond acceptors (Lipinski definition) is 2. The molecule has 0 aliphatic rings. The summed E-state index contributed by atoms with van der Waals surface area (Å²) in [4.78, 5) is 0. The summed E-state index contributed by atoms with van der Waals surface area (Å²) in [5, 5.41) is 9.15. The quantitative estimate of drug-likeness (QED) is 0.732. The zero-order chi connectivity index (χ0) is 10.6. The number of para-hydroxylation sites is 1. The molecule has 1 aromatic rings. The predicted octanol–water partition coefficient (Wildman–Crippen LogP) is 2.89. The van der Waals surface area contributed by atoms with E-state index in [9.17, 15) is 0 Å². The molecule has 0 amide bonds. The molecule has 2 heteroatoms. The van der Waals surface area contributed by atoms with E-state index in [1.165, 1.54) is 0 Å². The largest absolute Gasteiger partial charge is 0.496 e. The van der Waals surface area contributed by atoms with Gasteiger partial charge in [0.05, 0.1) is 18.6 Å². The van der Waals surface area contributed by atoms with E-state index in [2.05, 4.69) is 6.07 Å². The van der Waals surface area contributed by atoms with Crippen molar-refractivity contribution in [2.24, 2.45) is 0 Å². The number of benzene rings is 1. The van der Waals surface area contributed by atoms with E-state index in [1.807, 2.05) is 38.1 Å². The van der Waals surface area contributed by atoms with Crippen LogP contribution < -0.4 is 4.74 Å². The third-order valence-electron chi connectivity index (χ3n) is 2.66. The molecule has 0 spiro atoms. The van der Waals surface area contributed by atoms with Crippen LogP contribution >= 0.6 is 0 Å². The molecule has 1 atom stereocenters. The van der Waals surface area contributed by atoms with E-state index in [0.29, 0.717) is 0 Å². The van der Waals surface area contributed by atoms with Gasteiger partial charge in [0.2, 0.25) is 0 Å². The molecule has 0 saturated heterocycles. The first-order valence-electron chi connectivity index (χ1n) is 4.72. The lowest BCUT2D eigenvalue weighted by Gasteiger charge is -2.22. The predicted molar refractivity (Wildman–Crippen MR) is 56.3 cm³/mol. The van der Waals surface area contributed by atoms with Crippen LogP contribution in [0.4, 0.5) is 0 Å². The van der Waals surface area contributed by atoms with Crippen molar-refractivity contribution < 1.29 is 4.74 Å². The average Bonchev–Trinajstić information content (AvgIpc) is 2.28. The molecule has 0 heterocycles. The highest BCUT2D eigenvalue weighted by Gasteiger charge is 2.27. The van der Waals surface area contributed by atoms with Gasteiger partial charge in [-0.3, -0.25) is 0 Å². The Bertz CT molecular complexity index is 354. The Labute approximate surface area is 85.1 Å². The second-order valence-corrected chi connectivity index (χ2v) is 3.50. The van der Waals surface area contributed by atoms with Crippen LogP contribution in [0.2, 0.25) is 0 Å². The Morgan fingerprint density at radius 1 is 1.43 bits per heavy atom. The van der Waals surface area contributed by atoms with Gasteiger partial charge in [-0.05, 0) is 19.4 Å². The summed E-state index contributed by atoms with van der Waals surface area (Å²) < 4.78 is 5.24. The van der Waals surface area contributed by atoms with Gasteiger partial charge in [-0.25, -0.2) is 0 Å². The van der Waals surface area contributed by atoms with E-state index in [-0.39, 0.29) is 0 Å². The molecule has 0 aromatic heterocycles. The Hall–Kier alpha value is -1.49. The first kappa shape index (κ1) is 10.6. The molecule has 1 aromatic carbocycles. The molecular weight excluding hydrogens is 174 g/mol. The van der Waals surface area contributed by atoms with Crippen LogP contribution in [0.5, 0.6) is 5.75 Å². The second-order valence-electron chi connectivity index (χ2n) is 3.50. The lowest BCUT2D eigenvalue weighted by Crippen LogP contribution is -2.18. The normalized spacial score (nSPS) is 14.1. The fraction of sp³-hybridized carbons (Fsp3) is 0.417. The third-order valence-corrected chi connectivity index (χ3v) is 2.66. The second kappa shape index (κ2) is 4.15. The molecule has 0 bridgehead atoms. The van der Waals surface area contributed by atoms with E-state index in [1.54, 1.807) is 7.11 Å². The molecule has 1 unspecified atom stereocenters. The van der Waals surface area contributed by atoms with Crippen molar-refractivity contribution in [1.82, 2.24) is 0 Å². The molecule has 0 radical (unpaired) electrons. The molecule has 0 fully saturated rings. The topological polar surface area (TPSA) is 33.0 Å². The maximum atomic E-state index is 9.15. The van der Waals surface area contributed by atoms with Crippen molar-refractivity contribution in [3.05, 3.63) is 29.8 Å². The van der Waals surface area contributed by atoms with Crippen molar-refractivity contribution >= 4 is 0 Å². The maximum Gasteiger partial charge on any atom is 0.123 e. The monoisotopic (exact) mass is 189 g/mol. The summed E-state index contributed by atoms with van der Waals surface area (Å²) in [6.45, 7) is 3.94. The Morgan fingerprint density at radius 2 is 2.07 bits per heavy atom. The highest BCUT2D eigenvalue weighted by atomic mass is 16.5. The number of ether oxygens (including phenoxy) is 1. The van der Waals surface area contributed by atoms with Crippen molar-refractivity contribution in [2.45, 2.75) is 25.7 Å². The minimum absolute atomic E-state index is 0.452. The number of nitriles is 1. The van der Waals surface area contributed by atoms with Gasteiger partial charge in [-0.1, -0.05) is 25.1 Å². The van der Waals surface area contributed by atoms with Gasteiger partial charge in [0.15, 0.2) is 0 Å². The highest BCUT2D eigenvalue weighted by molar-refractivity contribution is 5.42. The highest BCUT2D eigenvalue weighted by Crippen LogP contribution is 2.33. The first-order valence-corrected chi connectivity index (χ1v) is 4.72. The zero-order valence-corrected chi connectivity index (χ0v) is 8.87. The minimum atomic E-state index is -0.452. The van der Waals surface area contributed by atoms with Crippen molar-refractivity contribution in [2.75, 3.05) is 7.11 Å². The Kier molecular flexibility index (Phi) is 3.14. The van der Waals surface area contributed by atoms with Crippen LogP contribution in [-0.4, -0.2) is 7.11 Å². The summed E-state index contributed by atoms with van der Waals surface area (Å²) >= 11 is 0. The van der Waals surface area contributed by atoms with E-state index >= 15 is 0 Å². The van der Waals surface area contributed by atoms with Gasteiger partial charge in [-0.2, -0.15) is 5.26 Å². The van der Waals surface area contributed by atoms with Gasteiger partial charge in [-0.15, -0.1) is 0 Å². The van der Waals surface area contributed by atoms with Gasteiger partial charge >= 0.3 is 0 Å². The molecule has 0 aliphatic carbocycles. The Morgan fingerprint density at radius 3 is 2.57 bits per heavy atom. The number of hydrogen-bond donors (Lipinski definition) is 0. The maximum absolute atomic E-state index is 9.15. The van der Waals surface area contributed by atoms with E-state index in [4.69, 9.17) is 10.00 Å². The fourth-order valence-electron chi connectivity index (χ4n) is 1.43. The zero-order valence-electron chi connectivity index (χ0n) is 8.87. The standard InChI is InChI=1S/C12H15NO/c1-4-12(2,9-13)10-7-5-6-8-11(10)14-3/h5-8H,4H2,1-3H3. The number of rotatable bonds is 3. The summed E-state index contributed by atoms with van der Waals surface area (Å²) in [5.74, 6) is 0.790. The number of nitrogens with zero attached hydrogens (tertiary/aromatic N) is 1. The van der Waals surface area contributed by atoms with Crippen LogP contribution in [0, 0.1) is 11.3 Å². The lowest BCUT2D eigenvalue weighted by molar-refractivity contribution is 0.398. The number of methoxy groups -OCH3 is 1. The summed E-state index contributed by atoms with van der Waals surface area (Å²) in [6.07, 6.45) is 0.782. The molecule has 74 valence electrons. The summed E-state index contributed by atoms with van der Waals surface area (Å²) in [5.41, 5.74) is 0.513. The molecule has 1 rings (SSSR count). The molecular formula is C12H15NO. The molecule has 0 saturated carbocycles. The van der Waals surface area contributed by atoms with Gasteiger partial charge in [0.1, 0.15) is 5.75 Å². The molecule has 0 aliphatic heterocycles. The summed E-state index contributed by atoms with van der Waals surface area (Å²) in [6, 6.07) is 10.0. The van der Waals surface area contributed by atoms with Crippen molar-refractivity contribution in [3.63, 3.8) is 0 Å². The van der Waals surface area contributed by atoms with Crippen molar-refractivity contribution in [1.29, 1.82) is 5.26 Å². The summed E-state index contributed by atoms with van der Waals surface area (Å²) in [7, 11) is 1.63. The van der Waals surface area contributed by atoms with Crippen LogP contribution in [0.15, 0.2) is 24.3 Å². The van der Waals surface area contributed by atoms with Gasteiger partial charge in [0.25, 0.3) is 0 Å². The molecule has 14 heavy (non-hydrogen) atoms. The van der Waals surface area contributed by atoms with Crippen LogP contribution in [-0.2, 0) is 5.41 Å². The smallest absolute Gasteiger partial charge is 0.123 e. The molecule has 0 N–H and O–H groups in total. The van der Waals surface area contributed by atoms with Gasteiger partial charge in [0, 0.05) is 5.56 Å². The fourth-order valence-corrected chi connectivity index (χ4v) is 1.43. The SMILES string of the molecule is CCC(C)(C#N)c1ccccc1OC. The van der Waals surface area contributed by atoms with Crippen LogP contribution in [0.1, 0.15) is 25.8 Å². The van der Waals surface area contributed by atoms with Crippen LogP contribution in [0.25, 0.3) is 0 Å². The van der Waals surface area contributed by atoms with Crippen molar-refractivity contribution in [3.8, 4) is 11.8 Å². The minimum Gasteiger partial charge on any atom is -0.496 e. The van der Waals surface area contributed by atoms with Crippen LogP contribution in [0.3, 0.4) is 0 Å². The first-order chi connectivity index (χ1) is 6.68.